The number of nitrogens with zero attached hydrogens (tertiary/aromatic N) is 3. The number of rotatable bonds is 4. The average Bonchev–Trinajstić information content (AvgIpc) is 3.21. The summed E-state index contributed by atoms with van der Waals surface area (Å²) in [4.78, 5) is 14.1. The lowest BCUT2D eigenvalue weighted by molar-refractivity contribution is 0.183. The number of carbonyl (C=O) groups excluding carboxylic acids is 1. The molecular weight excluding hydrogens is 322 g/mol. The summed E-state index contributed by atoms with van der Waals surface area (Å²) in [7, 11) is 0. The van der Waals surface area contributed by atoms with Gasteiger partial charge in [0.05, 0.1) is 6.54 Å². The van der Waals surface area contributed by atoms with Crippen LogP contribution in [0.5, 0.6) is 0 Å². The minimum Gasteiger partial charge on any atom is -0.317 e. The highest BCUT2D eigenvalue weighted by atomic mass is 32.1. The van der Waals surface area contributed by atoms with Crippen molar-refractivity contribution in [3.63, 3.8) is 0 Å². The van der Waals surface area contributed by atoms with E-state index in [1.165, 1.54) is 16.8 Å². The van der Waals surface area contributed by atoms with Gasteiger partial charge in [0.15, 0.2) is 0 Å². The van der Waals surface area contributed by atoms with Crippen molar-refractivity contribution in [2.75, 3.05) is 5.32 Å². The number of amides is 2. The highest BCUT2D eigenvalue weighted by Gasteiger charge is 2.28. The summed E-state index contributed by atoms with van der Waals surface area (Å²) in [6.45, 7) is 0.0267. The third-order valence-electron chi connectivity index (χ3n) is 3.95. The van der Waals surface area contributed by atoms with E-state index in [1.807, 2.05) is 0 Å². The minimum atomic E-state index is -0.516. The molecule has 2 aromatic rings. The van der Waals surface area contributed by atoms with E-state index >= 15 is 0 Å². The Morgan fingerprint density at radius 2 is 2.13 bits per heavy atom. The van der Waals surface area contributed by atoms with E-state index in [9.17, 15) is 13.6 Å². The molecule has 1 N–H and O–H groups in total. The zero-order chi connectivity index (χ0) is 16.2. The Labute approximate surface area is 136 Å². The molecule has 0 aliphatic heterocycles. The quantitative estimate of drug-likeness (QED) is 0.923. The third-order valence-corrected chi connectivity index (χ3v) is 4.56. The molecule has 8 heteroatoms. The van der Waals surface area contributed by atoms with E-state index in [0.717, 1.165) is 43.9 Å². The van der Waals surface area contributed by atoms with Crippen molar-refractivity contribution in [1.29, 1.82) is 0 Å². The highest BCUT2D eigenvalue weighted by molar-refractivity contribution is 7.13. The summed E-state index contributed by atoms with van der Waals surface area (Å²) in [5, 5.41) is 10.5. The Hall–Kier alpha value is -2.09. The summed E-state index contributed by atoms with van der Waals surface area (Å²) in [5.41, 5.74) is 1.69. The van der Waals surface area contributed by atoms with Gasteiger partial charge >= 0.3 is 6.03 Å². The first-order chi connectivity index (χ1) is 11.1. The first kappa shape index (κ1) is 15.8. The number of anilines is 1. The lowest BCUT2D eigenvalue weighted by Gasteiger charge is -2.29. The SMILES string of the molecule is O=C(Nc1nncs1)N(Cc1cc(F)ccc1F)C1CCCC1. The number of urea groups is 1. The smallest absolute Gasteiger partial charge is 0.317 e. The standard InChI is InChI=1S/C15H16F2N4OS/c16-11-5-6-13(17)10(7-11)8-21(12-3-1-2-4-12)15(22)19-14-20-18-9-23-14/h5-7,9,12H,1-4,8H2,(H,19,20,22). The number of halogens is 2. The monoisotopic (exact) mass is 338 g/mol. The van der Waals surface area contributed by atoms with E-state index in [0.29, 0.717) is 5.13 Å². The van der Waals surface area contributed by atoms with Crippen molar-refractivity contribution in [2.45, 2.75) is 38.3 Å². The lowest BCUT2D eigenvalue weighted by Crippen LogP contribution is -2.41. The highest BCUT2D eigenvalue weighted by Crippen LogP contribution is 2.26. The average molecular weight is 338 g/mol. The summed E-state index contributed by atoms with van der Waals surface area (Å²) < 4.78 is 27.3. The van der Waals surface area contributed by atoms with E-state index in [4.69, 9.17) is 0 Å². The van der Waals surface area contributed by atoms with Gasteiger partial charge < -0.3 is 4.90 Å². The predicted molar refractivity (Wildman–Crippen MR) is 83.1 cm³/mol. The van der Waals surface area contributed by atoms with Crippen molar-refractivity contribution < 1.29 is 13.6 Å². The lowest BCUT2D eigenvalue weighted by atomic mass is 10.1. The van der Waals surface area contributed by atoms with E-state index in [-0.39, 0.29) is 24.2 Å². The molecule has 0 spiro atoms. The molecule has 1 saturated carbocycles. The molecule has 1 aromatic carbocycles. The summed E-state index contributed by atoms with van der Waals surface area (Å²) in [6, 6.07) is 2.94. The summed E-state index contributed by atoms with van der Waals surface area (Å²) in [6.07, 6.45) is 3.78. The molecule has 23 heavy (non-hydrogen) atoms. The predicted octanol–water partition coefficient (Wildman–Crippen LogP) is 3.79. The molecule has 3 rings (SSSR count). The largest absolute Gasteiger partial charge is 0.324 e. The minimum absolute atomic E-state index is 0.0191. The van der Waals surface area contributed by atoms with Crippen molar-refractivity contribution in [3.05, 3.63) is 40.9 Å². The van der Waals surface area contributed by atoms with Gasteiger partial charge in [0.1, 0.15) is 17.1 Å². The fourth-order valence-corrected chi connectivity index (χ4v) is 3.26. The van der Waals surface area contributed by atoms with Crippen LogP contribution in [0.3, 0.4) is 0 Å². The zero-order valence-electron chi connectivity index (χ0n) is 12.3. The van der Waals surface area contributed by atoms with Crippen LogP contribution in [0, 0.1) is 11.6 Å². The van der Waals surface area contributed by atoms with Gasteiger partial charge in [-0.25, -0.2) is 13.6 Å². The third kappa shape index (κ3) is 3.82. The van der Waals surface area contributed by atoms with Crippen LogP contribution in [0.4, 0.5) is 18.7 Å². The van der Waals surface area contributed by atoms with Crippen molar-refractivity contribution in [3.8, 4) is 0 Å². The van der Waals surface area contributed by atoms with Crippen LogP contribution in [0.15, 0.2) is 23.7 Å². The van der Waals surface area contributed by atoms with Crippen molar-refractivity contribution in [1.82, 2.24) is 15.1 Å². The van der Waals surface area contributed by atoms with Gasteiger partial charge in [-0.2, -0.15) is 0 Å². The summed E-state index contributed by atoms with van der Waals surface area (Å²) >= 11 is 1.21. The number of carbonyl (C=O) groups is 1. The molecule has 0 atom stereocenters. The number of benzene rings is 1. The van der Waals surface area contributed by atoms with Gasteiger partial charge in [-0.3, -0.25) is 5.32 Å². The molecule has 1 fully saturated rings. The van der Waals surface area contributed by atoms with Crippen molar-refractivity contribution in [2.24, 2.45) is 0 Å². The molecule has 122 valence electrons. The van der Waals surface area contributed by atoms with Gasteiger partial charge in [-0.1, -0.05) is 24.2 Å². The molecule has 1 aromatic heterocycles. The van der Waals surface area contributed by atoms with Crippen LogP contribution in [-0.4, -0.2) is 27.2 Å². The Balaban J connectivity index is 1.80. The maximum atomic E-state index is 13.9. The maximum absolute atomic E-state index is 13.9. The van der Waals surface area contributed by atoms with Crippen LogP contribution < -0.4 is 5.32 Å². The molecule has 1 aliphatic carbocycles. The second-order valence-corrected chi connectivity index (χ2v) is 6.31. The van der Waals surface area contributed by atoms with E-state index < -0.39 is 11.6 Å². The molecule has 2 amide bonds. The maximum Gasteiger partial charge on any atom is 0.324 e. The number of aromatic nitrogens is 2. The van der Waals surface area contributed by atoms with Gasteiger partial charge in [0.25, 0.3) is 0 Å². The first-order valence-corrected chi connectivity index (χ1v) is 8.29. The molecule has 0 bridgehead atoms. The Morgan fingerprint density at radius 3 is 2.83 bits per heavy atom. The van der Waals surface area contributed by atoms with Crippen LogP contribution in [0.2, 0.25) is 0 Å². The Kier molecular flexibility index (Phi) is 4.80. The van der Waals surface area contributed by atoms with E-state index in [1.54, 1.807) is 4.90 Å². The molecule has 0 radical (unpaired) electrons. The normalized spacial score (nSPS) is 14.9. The van der Waals surface area contributed by atoms with Crippen LogP contribution >= 0.6 is 11.3 Å². The van der Waals surface area contributed by atoms with Crippen LogP contribution in [0.25, 0.3) is 0 Å². The van der Waals surface area contributed by atoms with Gasteiger partial charge in [-0.15, -0.1) is 10.2 Å². The molecule has 0 saturated heterocycles. The molecule has 0 unspecified atom stereocenters. The van der Waals surface area contributed by atoms with Crippen molar-refractivity contribution >= 4 is 22.5 Å². The number of nitrogens with one attached hydrogen (secondary N) is 1. The second-order valence-electron chi connectivity index (χ2n) is 5.48. The second kappa shape index (κ2) is 6.99. The Bertz CT molecular complexity index is 674. The first-order valence-electron chi connectivity index (χ1n) is 7.41. The van der Waals surface area contributed by atoms with Gasteiger partial charge in [0, 0.05) is 11.6 Å². The van der Waals surface area contributed by atoms with Crippen LogP contribution in [0.1, 0.15) is 31.2 Å². The number of hydrogen-bond acceptors (Lipinski definition) is 4. The molecular formula is C15H16F2N4OS. The fraction of sp³-hybridized carbons (Fsp3) is 0.400. The molecule has 1 heterocycles. The summed E-state index contributed by atoms with van der Waals surface area (Å²) in [5.74, 6) is -1.03. The molecule has 1 aliphatic rings. The van der Waals surface area contributed by atoms with Crippen LogP contribution in [-0.2, 0) is 6.54 Å². The molecule has 5 nitrogen and oxygen atoms in total. The Morgan fingerprint density at radius 1 is 1.35 bits per heavy atom. The number of hydrogen-bond donors (Lipinski definition) is 1. The van der Waals surface area contributed by atoms with Gasteiger partial charge in [-0.05, 0) is 31.0 Å². The zero-order valence-corrected chi connectivity index (χ0v) is 13.2. The fourth-order valence-electron chi connectivity index (χ4n) is 2.82. The van der Waals surface area contributed by atoms with Gasteiger partial charge in [0.2, 0.25) is 5.13 Å². The van der Waals surface area contributed by atoms with E-state index in [2.05, 4.69) is 15.5 Å². The topological polar surface area (TPSA) is 58.1 Å².